The van der Waals surface area contributed by atoms with Crippen LogP contribution in [-0.4, -0.2) is 33.9 Å². The highest BCUT2D eigenvalue weighted by atomic mass is 127. The van der Waals surface area contributed by atoms with Gasteiger partial charge in [-0.05, 0) is 77.2 Å². The van der Waals surface area contributed by atoms with E-state index in [1.807, 2.05) is 31.2 Å². The summed E-state index contributed by atoms with van der Waals surface area (Å²) in [6.07, 6.45) is 0.853. The van der Waals surface area contributed by atoms with Crippen LogP contribution in [-0.2, 0) is 19.7 Å². The van der Waals surface area contributed by atoms with Crippen LogP contribution >= 0.6 is 22.6 Å². The molecule has 0 bridgehead atoms. The number of hydrogen-bond acceptors (Lipinski definition) is 5. The summed E-state index contributed by atoms with van der Waals surface area (Å²) in [7, 11) is 0. The molecule has 0 aliphatic rings. The van der Waals surface area contributed by atoms with Crippen molar-refractivity contribution in [1.29, 1.82) is 0 Å². The SMILES string of the molecule is Cc1cc(C(C)(CCCOC(=O)CCC(=O)O)c2ccc(O)c(I)c2)ccc1O. The number of carbonyl (C=O) groups excluding carboxylic acids is 1. The largest absolute Gasteiger partial charge is 0.508 e. The zero-order valence-corrected chi connectivity index (χ0v) is 18.6. The van der Waals surface area contributed by atoms with E-state index in [2.05, 4.69) is 29.5 Å². The van der Waals surface area contributed by atoms with E-state index in [4.69, 9.17) is 9.84 Å². The van der Waals surface area contributed by atoms with Crippen molar-refractivity contribution in [3.8, 4) is 11.5 Å². The van der Waals surface area contributed by atoms with Crippen LogP contribution in [0.15, 0.2) is 36.4 Å². The van der Waals surface area contributed by atoms with Gasteiger partial charge in [-0.1, -0.05) is 25.1 Å². The molecule has 1 unspecified atom stereocenters. The molecule has 0 aliphatic heterocycles. The number of esters is 1. The van der Waals surface area contributed by atoms with Gasteiger partial charge in [-0.15, -0.1) is 0 Å². The average molecular weight is 512 g/mol. The summed E-state index contributed by atoms with van der Waals surface area (Å²) in [5, 5.41) is 28.4. The Morgan fingerprint density at radius 2 is 1.66 bits per heavy atom. The quantitative estimate of drug-likeness (QED) is 0.260. The molecule has 0 saturated carbocycles. The van der Waals surface area contributed by atoms with Crippen LogP contribution in [0.5, 0.6) is 11.5 Å². The van der Waals surface area contributed by atoms with Crippen LogP contribution < -0.4 is 0 Å². The normalized spacial score (nSPS) is 12.9. The molecule has 0 heterocycles. The minimum absolute atomic E-state index is 0.139. The fourth-order valence-corrected chi connectivity index (χ4v) is 3.71. The second-order valence-corrected chi connectivity index (χ2v) is 8.38. The number of phenolic OH excluding ortho intramolecular Hbond substituents is 2. The molecule has 6 nitrogen and oxygen atoms in total. The van der Waals surface area contributed by atoms with E-state index in [-0.39, 0.29) is 30.9 Å². The van der Waals surface area contributed by atoms with Crippen LogP contribution in [0.3, 0.4) is 0 Å². The molecule has 0 spiro atoms. The molecule has 2 aromatic carbocycles. The Kier molecular flexibility index (Phi) is 7.89. The summed E-state index contributed by atoms with van der Waals surface area (Å²) >= 11 is 2.08. The van der Waals surface area contributed by atoms with Crippen molar-refractivity contribution in [2.45, 2.75) is 44.9 Å². The van der Waals surface area contributed by atoms with E-state index >= 15 is 0 Å². The molecule has 0 fully saturated rings. The first kappa shape index (κ1) is 23.0. The van der Waals surface area contributed by atoms with Crippen LogP contribution in [0.2, 0.25) is 0 Å². The number of carboxylic acids is 1. The summed E-state index contributed by atoms with van der Waals surface area (Å²) in [5.41, 5.74) is 2.34. The molecule has 3 N–H and O–H groups in total. The fourth-order valence-electron chi connectivity index (χ4n) is 3.20. The van der Waals surface area contributed by atoms with Gasteiger partial charge in [0.05, 0.1) is 23.0 Å². The molecule has 156 valence electrons. The third kappa shape index (κ3) is 6.09. The van der Waals surface area contributed by atoms with Crippen molar-refractivity contribution in [2.75, 3.05) is 6.61 Å². The van der Waals surface area contributed by atoms with Gasteiger partial charge < -0.3 is 20.1 Å². The highest BCUT2D eigenvalue weighted by Gasteiger charge is 2.30. The number of aryl methyl sites for hydroxylation is 1. The van der Waals surface area contributed by atoms with E-state index in [1.165, 1.54) is 0 Å². The first-order valence-corrected chi connectivity index (χ1v) is 10.4. The summed E-state index contributed by atoms with van der Waals surface area (Å²) in [5.74, 6) is -1.11. The maximum atomic E-state index is 11.6. The van der Waals surface area contributed by atoms with Gasteiger partial charge in [0, 0.05) is 5.41 Å². The molecule has 29 heavy (non-hydrogen) atoms. The molecule has 2 aromatic rings. The second kappa shape index (κ2) is 9.96. The average Bonchev–Trinajstić information content (AvgIpc) is 2.67. The summed E-state index contributed by atoms with van der Waals surface area (Å²) in [4.78, 5) is 22.2. The lowest BCUT2D eigenvalue weighted by molar-refractivity contribution is -0.147. The van der Waals surface area contributed by atoms with Gasteiger partial charge in [0.2, 0.25) is 0 Å². The van der Waals surface area contributed by atoms with Crippen molar-refractivity contribution >= 4 is 34.5 Å². The van der Waals surface area contributed by atoms with Crippen molar-refractivity contribution in [1.82, 2.24) is 0 Å². The lowest BCUT2D eigenvalue weighted by atomic mass is 9.72. The third-order valence-electron chi connectivity index (χ3n) is 5.05. The molecule has 0 radical (unpaired) electrons. The van der Waals surface area contributed by atoms with Crippen LogP contribution in [0, 0.1) is 10.5 Å². The van der Waals surface area contributed by atoms with Gasteiger partial charge >= 0.3 is 11.9 Å². The monoisotopic (exact) mass is 512 g/mol. The molecule has 0 amide bonds. The molecule has 7 heteroatoms. The molecule has 1 atom stereocenters. The molecule has 0 aromatic heterocycles. The Bertz CT molecular complexity index is 841. The summed E-state index contributed by atoms with van der Waals surface area (Å²) < 4.78 is 5.90. The number of rotatable bonds is 9. The minimum Gasteiger partial charge on any atom is -0.508 e. The number of carbonyl (C=O) groups is 2. The topological polar surface area (TPSA) is 104 Å². The smallest absolute Gasteiger partial charge is 0.306 e. The van der Waals surface area contributed by atoms with E-state index in [0.29, 0.717) is 12.8 Å². The third-order valence-corrected chi connectivity index (χ3v) is 5.91. The number of hydrogen-bond donors (Lipinski definition) is 3. The Morgan fingerprint density at radius 3 is 2.24 bits per heavy atom. The first-order valence-electron chi connectivity index (χ1n) is 9.30. The van der Waals surface area contributed by atoms with Crippen LogP contribution in [0.1, 0.15) is 49.3 Å². The highest BCUT2D eigenvalue weighted by molar-refractivity contribution is 14.1. The zero-order chi connectivity index (χ0) is 21.6. The molecule has 0 saturated heterocycles. The second-order valence-electron chi connectivity index (χ2n) is 7.22. The summed E-state index contributed by atoms with van der Waals surface area (Å²) in [6, 6.07) is 10.9. The molecule has 0 aliphatic carbocycles. The number of carboxylic acid groups (broad SMARTS) is 1. The van der Waals surface area contributed by atoms with Gasteiger partial charge in [0.25, 0.3) is 0 Å². The van der Waals surface area contributed by atoms with Gasteiger partial charge in [-0.25, -0.2) is 0 Å². The van der Waals surface area contributed by atoms with Gasteiger partial charge in [-0.3, -0.25) is 9.59 Å². The fraction of sp³-hybridized carbons (Fsp3) is 0.364. The number of aliphatic carboxylic acids is 1. The number of halogens is 1. The maximum absolute atomic E-state index is 11.6. The maximum Gasteiger partial charge on any atom is 0.306 e. The van der Waals surface area contributed by atoms with Crippen molar-refractivity contribution in [2.24, 2.45) is 0 Å². The standard InChI is InChI=1S/C22H25IO6/c1-14-12-15(4-6-18(14)24)22(2,16-5-7-19(25)17(23)13-16)10-3-11-29-21(28)9-8-20(26)27/h4-7,12-13,24-25H,3,8-11H2,1-2H3,(H,26,27). The van der Waals surface area contributed by atoms with Gasteiger partial charge in [0.1, 0.15) is 11.5 Å². The Morgan fingerprint density at radius 1 is 1.03 bits per heavy atom. The Balaban J connectivity index is 2.19. The van der Waals surface area contributed by atoms with Gasteiger partial charge in [0.15, 0.2) is 0 Å². The van der Waals surface area contributed by atoms with Crippen LogP contribution in [0.4, 0.5) is 0 Å². The summed E-state index contributed by atoms with van der Waals surface area (Å²) in [6.45, 7) is 4.11. The van der Waals surface area contributed by atoms with Crippen LogP contribution in [0.25, 0.3) is 0 Å². The van der Waals surface area contributed by atoms with E-state index in [0.717, 1.165) is 20.3 Å². The van der Waals surface area contributed by atoms with Gasteiger partial charge in [-0.2, -0.15) is 0 Å². The first-order chi connectivity index (χ1) is 13.6. The Labute approximate surface area is 183 Å². The number of ether oxygens (including phenoxy) is 1. The van der Waals surface area contributed by atoms with Crippen molar-refractivity contribution in [3.63, 3.8) is 0 Å². The van der Waals surface area contributed by atoms with Crippen molar-refractivity contribution < 1.29 is 29.6 Å². The number of phenols is 2. The molecule has 2 rings (SSSR count). The predicted octanol–water partition coefficient (Wildman–Crippen LogP) is 4.51. The van der Waals surface area contributed by atoms with E-state index in [9.17, 15) is 19.8 Å². The lowest BCUT2D eigenvalue weighted by Gasteiger charge is -2.32. The van der Waals surface area contributed by atoms with Crippen molar-refractivity contribution in [3.05, 3.63) is 56.7 Å². The van der Waals surface area contributed by atoms with E-state index in [1.54, 1.807) is 12.1 Å². The number of benzene rings is 2. The molecular weight excluding hydrogens is 487 g/mol. The predicted molar refractivity (Wildman–Crippen MR) is 117 cm³/mol. The lowest BCUT2D eigenvalue weighted by Crippen LogP contribution is -2.25. The highest BCUT2D eigenvalue weighted by Crippen LogP contribution is 2.39. The molecular formula is C22H25IO6. The number of aromatic hydroxyl groups is 2. The zero-order valence-electron chi connectivity index (χ0n) is 16.4. The van der Waals surface area contributed by atoms with E-state index < -0.39 is 17.4 Å². The minimum atomic E-state index is -1.03. The Hall–Kier alpha value is -2.29.